The highest BCUT2D eigenvalue weighted by Gasteiger charge is 2.18. The van der Waals surface area contributed by atoms with E-state index in [-0.39, 0.29) is 16.7 Å². The predicted octanol–water partition coefficient (Wildman–Crippen LogP) is 3.20. The Balaban J connectivity index is 2.04. The lowest BCUT2D eigenvalue weighted by molar-refractivity contribution is -0.385. The molecule has 0 N–H and O–H groups in total. The van der Waals surface area contributed by atoms with Crippen LogP contribution in [0.1, 0.15) is 19.3 Å². The first-order valence-corrected chi connectivity index (χ1v) is 7.42. The largest absolute Gasteiger partial charge is 0.376 e. The number of likely N-dealkylation sites (N-methyl/N-ethyl adjacent to an activating group) is 1. The molecule has 1 aliphatic rings. The average Bonchev–Trinajstić information content (AvgIpc) is 2.39. The number of rotatable bonds is 4. The number of hydrogen-bond acceptors (Lipinski definition) is 4. The normalized spacial score (nSPS) is 19.2. The third-order valence-electron chi connectivity index (χ3n) is 3.32. The smallest absolute Gasteiger partial charge is 0.282 e. The van der Waals surface area contributed by atoms with E-state index < -0.39 is 0 Å². The van der Waals surface area contributed by atoms with Gasteiger partial charge in [0.15, 0.2) is 0 Å². The van der Waals surface area contributed by atoms with Crippen molar-refractivity contribution in [1.29, 1.82) is 0 Å². The van der Waals surface area contributed by atoms with Gasteiger partial charge >= 0.3 is 0 Å². The first-order valence-electron chi connectivity index (χ1n) is 6.34. The van der Waals surface area contributed by atoms with Crippen molar-refractivity contribution in [3.63, 3.8) is 0 Å². The van der Waals surface area contributed by atoms with E-state index in [0.717, 1.165) is 31.7 Å². The van der Waals surface area contributed by atoms with Crippen LogP contribution in [0.25, 0.3) is 0 Å². The van der Waals surface area contributed by atoms with Crippen LogP contribution in [0.15, 0.2) is 18.2 Å². The lowest BCUT2D eigenvalue weighted by Crippen LogP contribution is -2.33. The number of anilines is 1. The molecule has 2 rings (SSSR count). The minimum Gasteiger partial charge on any atom is -0.376 e. The standard InChI is InChI=1S/C13H17IN2O3/c1-15(9-11-4-2-3-7-19-11)10-5-6-13(16(17)18)12(14)8-10/h5-6,8,11H,2-4,7,9H2,1H3. The SMILES string of the molecule is CN(CC1CCCCO1)c1ccc([N+](=O)[O-])c(I)c1. The molecule has 0 amide bonds. The second-order valence-electron chi connectivity index (χ2n) is 4.76. The summed E-state index contributed by atoms with van der Waals surface area (Å²) in [4.78, 5) is 12.5. The van der Waals surface area contributed by atoms with E-state index in [1.54, 1.807) is 12.1 Å². The molecule has 1 unspecified atom stereocenters. The molecule has 1 fully saturated rings. The van der Waals surface area contributed by atoms with E-state index in [4.69, 9.17) is 4.74 Å². The Bertz CT molecular complexity index is 461. The molecule has 0 aromatic heterocycles. The van der Waals surface area contributed by atoms with Crippen molar-refractivity contribution in [2.45, 2.75) is 25.4 Å². The molecule has 1 atom stereocenters. The van der Waals surface area contributed by atoms with Gasteiger partial charge in [-0.25, -0.2) is 0 Å². The van der Waals surface area contributed by atoms with Gasteiger partial charge in [-0.05, 0) is 54.0 Å². The number of nitro groups is 1. The lowest BCUT2D eigenvalue weighted by Gasteiger charge is -2.28. The summed E-state index contributed by atoms with van der Waals surface area (Å²) in [6, 6.07) is 5.21. The monoisotopic (exact) mass is 376 g/mol. The van der Waals surface area contributed by atoms with Gasteiger partial charge in [-0.2, -0.15) is 0 Å². The van der Waals surface area contributed by atoms with Crippen LogP contribution in [0.2, 0.25) is 0 Å². The Hall–Kier alpha value is -0.890. The summed E-state index contributed by atoms with van der Waals surface area (Å²) in [7, 11) is 2.00. The van der Waals surface area contributed by atoms with Crippen molar-refractivity contribution in [2.24, 2.45) is 0 Å². The fourth-order valence-electron chi connectivity index (χ4n) is 2.24. The lowest BCUT2D eigenvalue weighted by atomic mass is 10.1. The third kappa shape index (κ3) is 3.79. The fourth-order valence-corrected chi connectivity index (χ4v) is 2.94. The molecule has 1 aromatic rings. The van der Waals surface area contributed by atoms with Crippen LogP contribution < -0.4 is 4.90 Å². The van der Waals surface area contributed by atoms with E-state index in [1.807, 2.05) is 35.7 Å². The van der Waals surface area contributed by atoms with E-state index in [0.29, 0.717) is 3.57 Å². The third-order valence-corrected chi connectivity index (χ3v) is 4.18. The number of benzene rings is 1. The minimum atomic E-state index is -0.351. The first-order chi connectivity index (χ1) is 9.08. The van der Waals surface area contributed by atoms with Gasteiger partial charge in [0.05, 0.1) is 14.6 Å². The van der Waals surface area contributed by atoms with Crippen molar-refractivity contribution < 1.29 is 9.66 Å². The number of nitrogens with zero attached hydrogens (tertiary/aromatic N) is 2. The molecule has 6 heteroatoms. The van der Waals surface area contributed by atoms with E-state index in [2.05, 4.69) is 4.90 Å². The van der Waals surface area contributed by atoms with Gasteiger partial charge in [0.25, 0.3) is 5.69 Å². The molecule has 1 aromatic carbocycles. The topological polar surface area (TPSA) is 55.6 Å². The maximum Gasteiger partial charge on any atom is 0.282 e. The minimum absolute atomic E-state index is 0.159. The summed E-state index contributed by atoms with van der Waals surface area (Å²) in [6.45, 7) is 1.67. The zero-order valence-corrected chi connectivity index (χ0v) is 13.0. The maximum atomic E-state index is 10.8. The quantitative estimate of drug-likeness (QED) is 0.460. The number of nitro benzene ring substituents is 1. The molecule has 1 aliphatic heterocycles. The summed E-state index contributed by atoms with van der Waals surface area (Å²) < 4.78 is 6.37. The highest BCUT2D eigenvalue weighted by atomic mass is 127. The van der Waals surface area contributed by atoms with E-state index in [1.165, 1.54) is 6.42 Å². The summed E-state index contributed by atoms with van der Waals surface area (Å²) in [5.74, 6) is 0. The van der Waals surface area contributed by atoms with Crippen molar-refractivity contribution >= 4 is 34.0 Å². The summed E-state index contributed by atoms with van der Waals surface area (Å²) >= 11 is 2.01. The number of ether oxygens (including phenoxy) is 1. The Morgan fingerprint density at radius 1 is 1.53 bits per heavy atom. The van der Waals surface area contributed by atoms with Crippen molar-refractivity contribution in [2.75, 3.05) is 25.1 Å². The highest BCUT2D eigenvalue weighted by molar-refractivity contribution is 14.1. The Morgan fingerprint density at radius 2 is 2.32 bits per heavy atom. The summed E-state index contributed by atoms with van der Waals surface area (Å²) in [6.07, 6.45) is 3.73. The molecule has 0 spiro atoms. The fraction of sp³-hybridized carbons (Fsp3) is 0.538. The van der Waals surface area contributed by atoms with Crippen LogP contribution in [-0.4, -0.2) is 31.2 Å². The Kier molecular flexibility index (Phi) is 4.98. The van der Waals surface area contributed by atoms with Gasteiger partial charge in [0.1, 0.15) is 0 Å². The maximum absolute atomic E-state index is 10.8. The molecule has 1 heterocycles. The number of halogens is 1. The Morgan fingerprint density at radius 3 is 2.89 bits per heavy atom. The zero-order valence-electron chi connectivity index (χ0n) is 10.8. The summed E-state index contributed by atoms with van der Waals surface area (Å²) in [5.41, 5.74) is 1.15. The molecule has 19 heavy (non-hydrogen) atoms. The zero-order chi connectivity index (χ0) is 13.8. The van der Waals surface area contributed by atoms with Gasteiger partial charge in [-0.15, -0.1) is 0 Å². The molecule has 104 valence electrons. The van der Waals surface area contributed by atoms with Crippen LogP contribution in [0.4, 0.5) is 11.4 Å². The van der Waals surface area contributed by atoms with Crippen molar-refractivity contribution in [1.82, 2.24) is 0 Å². The molecule has 5 nitrogen and oxygen atoms in total. The van der Waals surface area contributed by atoms with Crippen LogP contribution in [-0.2, 0) is 4.74 Å². The van der Waals surface area contributed by atoms with Crippen molar-refractivity contribution in [3.05, 3.63) is 31.9 Å². The summed E-state index contributed by atoms with van der Waals surface area (Å²) in [5, 5.41) is 10.8. The van der Waals surface area contributed by atoms with E-state index >= 15 is 0 Å². The van der Waals surface area contributed by atoms with Gasteiger partial charge < -0.3 is 9.64 Å². The molecular formula is C13H17IN2O3. The van der Waals surface area contributed by atoms with Crippen LogP contribution >= 0.6 is 22.6 Å². The molecular weight excluding hydrogens is 359 g/mol. The second-order valence-corrected chi connectivity index (χ2v) is 5.92. The molecule has 0 aliphatic carbocycles. The molecule has 1 saturated heterocycles. The number of hydrogen-bond donors (Lipinski definition) is 0. The predicted molar refractivity (Wildman–Crippen MR) is 82.7 cm³/mol. The van der Waals surface area contributed by atoms with Gasteiger partial charge in [-0.1, -0.05) is 0 Å². The van der Waals surface area contributed by atoms with Crippen LogP contribution in [0.3, 0.4) is 0 Å². The molecule has 0 saturated carbocycles. The molecule has 0 radical (unpaired) electrons. The van der Waals surface area contributed by atoms with Gasteiger partial charge in [0, 0.05) is 32.0 Å². The van der Waals surface area contributed by atoms with Gasteiger partial charge in [-0.3, -0.25) is 10.1 Å². The first kappa shape index (κ1) is 14.5. The van der Waals surface area contributed by atoms with Crippen LogP contribution in [0, 0.1) is 13.7 Å². The van der Waals surface area contributed by atoms with Crippen LogP contribution in [0.5, 0.6) is 0 Å². The van der Waals surface area contributed by atoms with Crippen molar-refractivity contribution in [3.8, 4) is 0 Å². The van der Waals surface area contributed by atoms with Gasteiger partial charge in [0.2, 0.25) is 0 Å². The van der Waals surface area contributed by atoms with E-state index in [9.17, 15) is 10.1 Å². The second kappa shape index (κ2) is 6.51. The average molecular weight is 376 g/mol. The molecule has 0 bridgehead atoms. The Labute approximate surface area is 126 Å². The highest BCUT2D eigenvalue weighted by Crippen LogP contribution is 2.26.